The van der Waals surface area contributed by atoms with Gasteiger partial charge in [-0.05, 0) is 24.3 Å². The van der Waals surface area contributed by atoms with E-state index in [0.717, 1.165) is 5.69 Å². The summed E-state index contributed by atoms with van der Waals surface area (Å²) in [6.45, 7) is 0. The second kappa shape index (κ2) is 5.80. The number of hydrogen-bond acceptors (Lipinski definition) is 5. The predicted octanol–water partition coefficient (Wildman–Crippen LogP) is 2.89. The Balaban J connectivity index is 2.10. The van der Waals surface area contributed by atoms with E-state index < -0.39 is 5.97 Å². The van der Waals surface area contributed by atoms with Gasteiger partial charge in [0, 0.05) is 17.3 Å². The van der Waals surface area contributed by atoms with Crippen molar-refractivity contribution in [2.75, 3.05) is 0 Å². The molecule has 104 valence electrons. The molecule has 3 heterocycles. The first-order chi connectivity index (χ1) is 10.2. The molecule has 0 radical (unpaired) electrons. The van der Waals surface area contributed by atoms with Gasteiger partial charge >= 0.3 is 5.97 Å². The zero-order valence-electron chi connectivity index (χ0n) is 10.9. The fourth-order valence-corrected chi connectivity index (χ4v) is 2.95. The van der Waals surface area contributed by atoms with Crippen molar-refractivity contribution in [2.24, 2.45) is 0 Å². The summed E-state index contributed by atoms with van der Waals surface area (Å²) < 4.78 is 0. The van der Waals surface area contributed by atoms with E-state index in [0.29, 0.717) is 21.3 Å². The molecule has 0 aliphatic heterocycles. The zero-order valence-corrected chi connectivity index (χ0v) is 11.7. The lowest BCUT2D eigenvalue weighted by Gasteiger charge is -1.98. The van der Waals surface area contributed by atoms with Crippen LogP contribution in [-0.4, -0.2) is 26.0 Å². The summed E-state index contributed by atoms with van der Waals surface area (Å²) in [5, 5.41) is 9.76. The van der Waals surface area contributed by atoms with Gasteiger partial charge in [0.15, 0.2) is 0 Å². The van der Waals surface area contributed by atoms with Crippen molar-refractivity contribution in [1.82, 2.24) is 15.0 Å². The molecular formula is C15H11N3O2S. The van der Waals surface area contributed by atoms with E-state index in [4.69, 9.17) is 5.11 Å². The van der Waals surface area contributed by atoms with Crippen molar-refractivity contribution >= 4 is 17.3 Å². The number of hydrogen-bond donors (Lipinski definition) is 1. The highest BCUT2D eigenvalue weighted by Gasteiger charge is 2.17. The van der Waals surface area contributed by atoms with Crippen LogP contribution in [0.5, 0.6) is 0 Å². The Morgan fingerprint density at radius 3 is 2.29 bits per heavy atom. The smallest absolute Gasteiger partial charge is 0.308 e. The highest BCUT2D eigenvalue weighted by molar-refractivity contribution is 7.15. The number of aliphatic carboxylic acids is 1. The first kappa shape index (κ1) is 13.4. The number of carboxylic acid groups (broad SMARTS) is 1. The summed E-state index contributed by atoms with van der Waals surface area (Å²) >= 11 is 1.34. The summed E-state index contributed by atoms with van der Waals surface area (Å²) in [6, 6.07) is 11.0. The average Bonchev–Trinajstić information content (AvgIpc) is 2.92. The van der Waals surface area contributed by atoms with Crippen LogP contribution in [0.15, 0.2) is 48.8 Å². The largest absolute Gasteiger partial charge is 0.481 e. The summed E-state index contributed by atoms with van der Waals surface area (Å²) in [5.41, 5.74) is 2.02. The second-order valence-electron chi connectivity index (χ2n) is 4.29. The van der Waals surface area contributed by atoms with E-state index in [1.807, 2.05) is 36.4 Å². The Labute approximate surface area is 125 Å². The fourth-order valence-electron chi connectivity index (χ4n) is 1.91. The third kappa shape index (κ3) is 2.95. The van der Waals surface area contributed by atoms with Crippen LogP contribution in [0.1, 0.15) is 4.88 Å². The molecule has 0 aliphatic rings. The number of rotatable bonds is 4. The normalized spacial score (nSPS) is 10.5. The van der Waals surface area contributed by atoms with Gasteiger partial charge in [0.25, 0.3) is 0 Å². The summed E-state index contributed by atoms with van der Waals surface area (Å²) in [4.78, 5) is 24.8. The van der Waals surface area contributed by atoms with E-state index in [-0.39, 0.29) is 6.42 Å². The van der Waals surface area contributed by atoms with Crippen LogP contribution in [0.25, 0.3) is 22.1 Å². The van der Waals surface area contributed by atoms with Crippen molar-refractivity contribution in [1.29, 1.82) is 0 Å². The topological polar surface area (TPSA) is 76.0 Å². The van der Waals surface area contributed by atoms with Crippen molar-refractivity contribution in [3.8, 4) is 22.1 Å². The summed E-state index contributed by atoms with van der Waals surface area (Å²) in [5.74, 6) is -0.886. The van der Waals surface area contributed by atoms with Gasteiger partial charge in [-0.3, -0.25) is 14.8 Å². The Morgan fingerprint density at radius 2 is 1.71 bits per heavy atom. The van der Waals surface area contributed by atoms with Crippen LogP contribution >= 0.6 is 11.3 Å². The molecule has 0 bridgehead atoms. The van der Waals surface area contributed by atoms with Crippen molar-refractivity contribution in [3.05, 3.63) is 53.7 Å². The molecular weight excluding hydrogens is 286 g/mol. The average molecular weight is 297 g/mol. The van der Waals surface area contributed by atoms with Crippen LogP contribution < -0.4 is 0 Å². The SMILES string of the molecule is O=C(O)Cc1sc(-c2ccccn2)nc1-c1ccccn1. The van der Waals surface area contributed by atoms with Crippen LogP contribution in [0.2, 0.25) is 0 Å². The standard InChI is InChI=1S/C15H11N3O2S/c19-13(20)9-12-14(10-5-1-3-7-16-10)18-15(21-12)11-6-2-4-8-17-11/h1-8H,9H2,(H,19,20). The zero-order chi connectivity index (χ0) is 14.7. The molecule has 21 heavy (non-hydrogen) atoms. The molecule has 0 unspecified atom stereocenters. The number of carbonyl (C=O) groups is 1. The van der Waals surface area contributed by atoms with Crippen LogP contribution in [0.4, 0.5) is 0 Å². The first-order valence-corrected chi connectivity index (χ1v) is 7.10. The monoisotopic (exact) mass is 297 g/mol. The first-order valence-electron chi connectivity index (χ1n) is 6.28. The number of aromatic nitrogens is 3. The van der Waals surface area contributed by atoms with Crippen LogP contribution in [0, 0.1) is 0 Å². The number of nitrogens with zero attached hydrogens (tertiary/aromatic N) is 3. The molecule has 0 fully saturated rings. The summed E-state index contributed by atoms with van der Waals surface area (Å²) in [7, 11) is 0. The molecule has 3 aromatic rings. The third-order valence-electron chi connectivity index (χ3n) is 2.80. The summed E-state index contributed by atoms with van der Waals surface area (Å²) in [6.07, 6.45) is 3.28. The lowest BCUT2D eigenvalue weighted by molar-refractivity contribution is -0.136. The third-order valence-corrected chi connectivity index (χ3v) is 3.88. The lowest BCUT2D eigenvalue weighted by Crippen LogP contribution is -1.99. The van der Waals surface area contributed by atoms with E-state index in [2.05, 4.69) is 15.0 Å². The molecule has 3 aromatic heterocycles. The van der Waals surface area contributed by atoms with Gasteiger partial charge in [0.2, 0.25) is 0 Å². The number of carboxylic acids is 1. The van der Waals surface area contributed by atoms with Gasteiger partial charge in [-0.1, -0.05) is 12.1 Å². The molecule has 5 nitrogen and oxygen atoms in total. The Bertz CT molecular complexity index is 757. The molecule has 0 saturated carbocycles. The number of thiazole rings is 1. The van der Waals surface area contributed by atoms with Crippen molar-refractivity contribution in [2.45, 2.75) is 6.42 Å². The molecule has 6 heteroatoms. The fraction of sp³-hybridized carbons (Fsp3) is 0.0667. The van der Waals surface area contributed by atoms with Gasteiger partial charge in [0.1, 0.15) is 10.7 Å². The predicted molar refractivity (Wildman–Crippen MR) is 79.9 cm³/mol. The molecule has 3 rings (SSSR count). The van der Waals surface area contributed by atoms with Crippen molar-refractivity contribution < 1.29 is 9.90 Å². The molecule has 0 amide bonds. The van der Waals surface area contributed by atoms with Crippen LogP contribution in [-0.2, 0) is 11.2 Å². The van der Waals surface area contributed by atoms with E-state index >= 15 is 0 Å². The van der Waals surface area contributed by atoms with Gasteiger partial charge in [0.05, 0.1) is 17.8 Å². The highest BCUT2D eigenvalue weighted by Crippen LogP contribution is 2.32. The number of pyridine rings is 2. The lowest BCUT2D eigenvalue weighted by atomic mass is 10.2. The maximum Gasteiger partial charge on any atom is 0.308 e. The van der Waals surface area contributed by atoms with Crippen LogP contribution in [0.3, 0.4) is 0 Å². The molecule has 0 aromatic carbocycles. The quantitative estimate of drug-likeness (QED) is 0.801. The van der Waals surface area contributed by atoms with E-state index in [1.54, 1.807) is 12.4 Å². The maximum absolute atomic E-state index is 11.0. The Morgan fingerprint density at radius 1 is 1.05 bits per heavy atom. The van der Waals surface area contributed by atoms with Gasteiger partial charge in [-0.25, -0.2) is 4.98 Å². The minimum Gasteiger partial charge on any atom is -0.481 e. The maximum atomic E-state index is 11.0. The molecule has 1 N–H and O–H groups in total. The van der Waals surface area contributed by atoms with E-state index in [1.165, 1.54) is 11.3 Å². The minimum absolute atomic E-state index is 0.0730. The molecule has 0 atom stereocenters. The van der Waals surface area contributed by atoms with Gasteiger partial charge in [-0.2, -0.15) is 0 Å². The molecule has 0 spiro atoms. The molecule has 0 saturated heterocycles. The minimum atomic E-state index is -0.886. The Hall–Kier alpha value is -2.60. The van der Waals surface area contributed by atoms with Crippen molar-refractivity contribution in [3.63, 3.8) is 0 Å². The van der Waals surface area contributed by atoms with E-state index in [9.17, 15) is 4.79 Å². The van der Waals surface area contributed by atoms with Gasteiger partial charge < -0.3 is 5.11 Å². The second-order valence-corrected chi connectivity index (χ2v) is 5.37. The van der Waals surface area contributed by atoms with Gasteiger partial charge in [-0.15, -0.1) is 11.3 Å². The Kier molecular flexibility index (Phi) is 3.70. The molecule has 0 aliphatic carbocycles. The highest BCUT2D eigenvalue weighted by atomic mass is 32.1.